The fraction of sp³-hybridized carbons (Fsp3) is 1.00. The third kappa shape index (κ3) is 8.67. The van der Waals surface area contributed by atoms with Crippen LogP contribution in [0.4, 0.5) is 0 Å². The molecular weight excluding hydrogens is 295 g/mol. The van der Waals surface area contributed by atoms with Crippen molar-refractivity contribution in [1.29, 1.82) is 0 Å². The summed E-state index contributed by atoms with van der Waals surface area (Å²) in [5.41, 5.74) is 0. The number of nitrogens with zero attached hydrogens (tertiary/aromatic N) is 2. The zero-order chi connectivity index (χ0) is 17.5. The minimum atomic E-state index is -3.01. The Morgan fingerprint density at radius 2 is 1.09 bits per heavy atom. The molecule has 0 aliphatic rings. The van der Waals surface area contributed by atoms with Crippen molar-refractivity contribution in [1.82, 2.24) is 9.80 Å². The molecular formula is C17H39N2O2P. The predicted octanol–water partition coefficient (Wildman–Crippen LogP) is 3.88. The number of hydrogen-bond acceptors (Lipinski definition) is 3. The van der Waals surface area contributed by atoms with E-state index in [1.165, 1.54) is 0 Å². The van der Waals surface area contributed by atoms with E-state index in [-0.39, 0.29) is 0 Å². The van der Waals surface area contributed by atoms with Gasteiger partial charge in [0.05, 0.1) is 0 Å². The Bertz CT molecular complexity index is 328. The maximum Gasteiger partial charge on any atom is 0.201 e. The normalized spacial score (nSPS) is 15.8. The standard InChI is InChI=1S/C17H39N2O2P/c1-14(2)18(15(3)4)10-9-12-22(20,21)13-11-19(16(5)6)17(7)8/h14-17H,9-13H2,1-8H3,(H,20,21). The third-order valence-corrected chi connectivity index (χ3v) is 6.20. The molecule has 1 atom stereocenters. The monoisotopic (exact) mass is 334 g/mol. The summed E-state index contributed by atoms with van der Waals surface area (Å²) in [5, 5.41) is 0. The van der Waals surface area contributed by atoms with Crippen molar-refractivity contribution in [2.75, 3.05) is 25.4 Å². The van der Waals surface area contributed by atoms with E-state index < -0.39 is 7.37 Å². The Morgan fingerprint density at radius 3 is 1.45 bits per heavy atom. The topological polar surface area (TPSA) is 43.8 Å². The average Bonchev–Trinajstić information content (AvgIpc) is 2.32. The van der Waals surface area contributed by atoms with E-state index in [1.807, 2.05) is 0 Å². The third-order valence-electron chi connectivity index (χ3n) is 4.28. The molecule has 0 radical (unpaired) electrons. The van der Waals surface area contributed by atoms with Crippen LogP contribution >= 0.6 is 7.37 Å². The molecule has 0 saturated carbocycles. The zero-order valence-corrected chi connectivity index (χ0v) is 16.9. The maximum atomic E-state index is 12.4. The van der Waals surface area contributed by atoms with Crippen LogP contribution in [0.25, 0.3) is 0 Å². The Morgan fingerprint density at radius 1 is 0.727 bits per heavy atom. The van der Waals surface area contributed by atoms with Crippen molar-refractivity contribution in [3.8, 4) is 0 Å². The molecule has 0 aromatic carbocycles. The molecule has 0 bridgehead atoms. The van der Waals surface area contributed by atoms with Gasteiger partial charge in [-0.2, -0.15) is 0 Å². The largest absolute Gasteiger partial charge is 0.344 e. The van der Waals surface area contributed by atoms with Crippen molar-refractivity contribution < 1.29 is 9.46 Å². The molecule has 134 valence electrons. The molecule has 4 nitrogen and oxygen atoms in total. The quantitative estimate of drug-likeness (QED) is 0.582. The lowest BCUT2D eigenvalue weighted by atomic mass is 10.2. The van der Waals surface area contributed by atoms with Gasteiger partial charge in [0.2, 0.25) is 7.37 Å². The lowest BCUT2D eigenvalue weighted by Crippen LogP contribution is -2.39. The second-order valence-electron chi connectivity index (χ2n) is 7.50. The Balaban J connectivity index is 4.33. The van der Waals surface area contributed by atoms with E-state index in [1.54, 1.807) is 0 Å². The fourth-order valence-corrected chi connectivity index (χ4v) is 4.51. The molecule has 0 spiro atoms. The van der Waals surface area contributed by atoms with Gasteiger partial charge in [-0.15, -0.1) is 0 Å². The van der Waals surface area contributed by atoms with E-state index in [0.717, 1.165) is 13.0 Å². The highest BCUT2D eigenvalue weighted by molar-refractivity contribution is 7.58. The minimum absolute atomic E-state index is 0.409. The molecule has 0 fully saturated rings. The van der Waals surface area contributed by atoms with Gasteiger partial charge in [0.15, 0.2) is 0 Å². The molecule has 1 unspecified atom stereocenters. The molecule has 0 amide bonds. The van der Waals surface area contributed by atoms with Crippen LogP contribution in [0.15, 0.2) is 0 Å². The van der Waals surface area contributed by atoms with Crippen LogP contribution in [0.2, 0.25) is 0 Å². The summed E-state index contributed by atoms with van der Waals surface area (Å²) in [4.78, 5) is 14.9. The van der Waals surface area contributed by atoms with E-state index >= 15 is 0 Å². The van der Waals surface area contributed by atoms with Gasteiger partial charge in [0.1, 0.15) is 0 Å². The molecule has 0 aromatic heterocycles. The molecule has 0 heterocycles. The first-order chi connectivity index (χ1) is 9.98. The Kier molecular flexibility index (Phi) is 10.1. The molecule has 0 aliphatic heterocycles. The van der Waals surface area contributed by atoms with Crippen LogP contribution in [0, 0.1) is 0 Å². The van der Waals surface area contributed by atoms with Crippen LogP contribution < -0.4 is 0 Å². The van der Waals surface area contributed by atoms with Gasteiger partial charge in [-0.3, -0.25) is 14.4 Å². The number of hydrogen-bond donors (Lipinski definition) is 1. The van der Waals surface area contributed by atoms with Gasteiger partial charge >= 0.3 is 0 Å². The minimum Gasteiger partial charge on any atom is -0.344 e. The van der Waals surface area contributed by atoms with E-state index in [0.29, 0.717) is 43.0 Å². The van der Waals surface area contributed by atoms with Crippen LogP contribution in [0.5, 0.6) is 0 Å². The average molecular weight is 334 g/mol. The summed E-state index contributed by atoms with van der Waals surface area (Å²) in [5.74, 6) is 0. The lowest BCUT2D eigenvalue weighted by Gasteiger charge is -2.32. The van der Waals surface area contributed by atoms with Crippen molar-refractivity contribution in [2.24, 2.45) is 0 Å². The van der Waals surface area contributed by atoms with Crippen molar-refractivity contribution in [2.45, 2.75) is 86.0 Å². The van der Waals surface area contributed by atoms with Crippen LogP contribution in [-0.2, 0) is 4.57 Å². The highest BCUT2D eigenvalue weighted by atomic mass is 31.2. The second kappa shape index (κ2) is 10.1. The van der Waals surface area contributed by atoms with Crippen LogP contribution in [0.3, 0.4) is 0 Å². The summed E-state index contributed by atoms with van der Waals surface area (Å²) in [6.45, 7) is 18.9. The Hall–Kier alpha value is 0.110. The first-order valence-corrected chi connectivity index (χ1v) is 10.8. The van der Waals surface area contributed by atoms with E-state index in [2.05, 4.69) is 65.2 Å². The van der Waals surface area contributed by atoms with Crippen LogP contribution in [-0.4, -0.2) is 64.3 Å². The van der Waals surface area contributed by atoms with E-state index in [9.17, 15) is 9.46 Å². The zero-order valence-electron chi connectivity index (χ0n) is 16.0. The Labute approximate surface area is 138 Å². The summed E-state index contributed by atoms with van der Waals surface area (Å²) in [6.07, 6.45) is 1.65. The molecule has 5 heteroatoms. The molecule has 0 aliphatic carbocycles. The maximum absolute atomic E-state index is 12.4. The summed E-state index contributed by atoms with van der Waals surface area (Å²) in [6, 6.07) is 1.79. The first-order valence-electron chi connectivity index (χ1n) is 8.80. The number of rotatable bonds is 11. The van der Waals surface area contributed by atoms with Gasteiger partial charge in [-0.25, -0.2) is 0 Å². The van der Waals surface area contributed by atoms with Crippen molar-refractivity contribution in [3.05, 3.63) is 0 Å². The predicted molar refractivity (Wildman–Crippen MR) is 98.1 cm³/mol. The van der Waals surface area contributed by atoms with Gasteiger partial charge in [0, 0.05) is 43.0 Å². The highest BCUT2D eigenvalue weighted by Crippen LogP contribution is 2.41. The van der Waals surface area contributed by atoms with Gasteiger partial charge in [0.25, 0.3) is 0 Å². The molecule has 1 N–H and O–H groups in total. The summed E-state index contributed by atoms with van der Waals surface area (Å²) in [7, 11) is -3.01. The van der Waals surface area contributed by atoms with Crippen LogP contribution in [0.1, 0.15) is 61.8 Å². The first kappa shape index (κ1) is 22.1. The highest BCUT2D eigenvalue weighted by Gasteiger charge is 2.23. The smallest absolute Gasteiger partial charge is 0.201 e. The van der Waals surface area contributed by atoms with Crippen molar-refractivity contribution in [3.63, 3.8) is 0 Å². The molecule has 0 rings (SSSR count). The second-order valence-corrected chi connectivity index (χ2v) is 10.1. The van der Waals surface area contributed by atoms with Gasteiger partial charge in [-0.1, -0.05) is 0 Å². The molecule has 0 saturated heterocycles. The van der Waals surface area contributed by atoms with E-state index in [4.69, 9.17) is 0 Å². The molecule has 0 aromatic rings. The van der Waals surface area contributed by atoms with Gasteiger partial charge in [-0.05, 0) is 68.4 Å². The fourth-order valence-electron chi connectivity index (χ4n) is 3.11. The van der Waals surface area contributed by atoms with Gasteiger partial charge < -0.3 is 4.89 Å². The lowest BCUT2D eigenvalue weighted by molar-refractivity contribution is 0.175. The summed E-state index contributed by atoms with van der Waals surface area (Å²) < 4.78 is 12.4. The molecule has 22 heavy (non-hydrogen) atoms. The SMILES string of the molecule is CC(C)N(CCCP(=O)(O)CCN(C(C)C)C(C)C)C(C)C. The van der Waals surface area contributed by atoms with Crippen molar-refractivity contribution >= 4 is 7.37 Å². The summed E-state index contributed by atoms with van der Waals surface area (Å²) >= 11 is 0.